The maximum Gasteiger partial charge on any atom is 0.338 e. The van der Waals surface area contributed by atoms with Crippen LogP contribution < -0.4 is 20.1 Å². The number of amides is 1. The van der Waals surface area contributed by atoms with Gasteiger partial charge in [-0.05, 0) is 74.9 Å². The molecule has 0 spiro atoms. The van der Waals surface area contributed by atoms with Crippen LogP contribution in [0.3, 0.4) is 0 Å². The van der Waals surface area contributed by atoms with Gasteiger partial charge in [-0.25, -0.2) is 4.79 Å². The van der Waals surface area contributed by atoms with Crippen molar-refractivity contribution in [3.8, 4) is 11.5 Å². The van der Waals surface area contributed by atoms with Crippen molar-refractivity contribution in [2.24, 2.45) is 0 Å². The molecule has 0 unspecified atom stereocenters. The Morgan fingerprint density at radius 2 is 1.50 bits per heavy atom. The molecule has 1 amide bonds. The second-order valence-electron chi connectivity index (χ2n) is 7.57. The summed E-state index contributed by atoms with van der Waals surface area (Å²) in [7, 11) is 0. The van der Waals surface area contributed by atoms with Crippen LogP contribution in [0.5, 0.6) is 11.5 Å². The zero-order valence-corrected chi connectivity index (χ0v) is 19.7. The molecule has 0 aliphatic heterocycles. The van der Waals surface area contributed by atoms with Gasteiger partial charge in [0.05, 0.1) is 18.8 Å². The van der Waals surface area contributed by atoms with Crippen LogP contribution in [0, 0.1) is 6.92 Å². The first-order valence-electron chi connectivity index (χ1n) is 11.2. The molecule has 3 aromatic carbocycles. The first kappa shape index (κ1) is 24.6. The molecule has 0 bridgehead atoms. The van der Waals surface area contributed by atoms with E-state index in [-0.39, 0.29) is 18.5 Å². The maximum absolute atomic E-state index is 12.3. The average Bonchev–Trinajstić information content (AvgIpc) is 2.84. The van der Waals surface area contributed by atoms with Crippen LogP contribution in [0.25, 0.3) is 0 Å². The summed E-state index contributed by atoms with van der Waals surface area (Å²) < 4.78 is 16.4. The van der Waals surface area contributed by atoms with Crippen molar-refractivity contribution in [3.05, 3.63) is 83.4 Å². The predicted molar refractivity (Wildman–Crippen MR) is 133 cm³/mol. The van der Waals surface area contributed by atoms with Crippen molar-refractivity contribution in [2.75, 3.05) is 30.5 Å². The van der Waals surface area contributed by atoms with Crippen molar-refractivity contribution in [3.63, 3.8) is 0 Å². The second kappa shape index (κ2) is 12.3. The van der Waals surface area contributed by atoms with Crippen LogP contribution in [-0.4, -0.2) is 31.7 Å². The Labute approximate surface area is 200 Å². The van der Waals surface area contributed by atoms with Crippen LogP contribution in [0.15, 0.2) is 66.7 Å². The lowest BCUT2D eigenvalue weighted by atomic mass is 10.1. The molecule has 3 rings (SSSR count). The molecular weight excluding hydrogens is 432 g/mol. The summed E-state index contributed by atoms with van der Waals surface area (Å²) in [6, 6.07) is 20.3. The first-order chi connectivity index (χ1) is 16.5. The maximum atomic E-state index is 12.3. The Morgan fingerprint density at radius 3 is 2.18 bits per heavy atom. The normalized spacial score (nSPS) is 10.3. The molecule has 3 aromatic rings. The zero-order chi connectivity index (χ0) is 24.3. The van der Waals surface area contributed by atoms with E-state index in [0.29, 0.717) is 36.8 Å². The van der Waals surface area contributed by atoms with E-state index in [0.717, 1.165) is 22.5 Å². The number of nitrogens with one attached hydrogen (secondary N) is 2. The smallest absolute Gasteiger partial charge is 0.338 e. The van der Waals surface area contributed by atoms with Crippen LogP contribution in [0.1, 0.15) is 35.3 Å². The van der Waals surface area contributed by atoms with Crippen molar-refractivity contribution in [2.45, 2.75) is 27.3 Å². The first-order valence-corrected chi connectivity index (χ1v) is 11.2. The SMILES string of the molecule is CCOC(=O)c1ccc(NCc2ccc(OCC(=O)Nc3ccc(C)cc3)c(OCC)c2)cc1. The summed E-state index contributed by atoms with van der Waals surface area (Å²) in [5, 5.41) is 6.13. The number of aryl methyl sites for hydroxylation is 1. The van der Waals surface area contributed by atoms with E-state index in [1.165, 1.54) is 0 Å². The van der Waals surface area contributed by atoms with E-state index in [9.17, 15) is 9.59 Å². The van der Waals surface area contributed by atoms with Gasteiger partial charge < -0.3 is 24.8 Å². The van der Waals surface area contributed by atoms with Gasteiger partial charge in [0.15, 0.2) is 18.1 Å². The molecule has 0 atom stereocenters. The summed E-state index contributed by atoms with van der Waals surface area (Å²) in [5.41, 5.74) is 4.22. The topological polar surface area (TPSA) is 85.9 Å². The van der Waals surface area contributed by atoms with Gasteiger partial charge in [0, 0.05) is 17.9 Å². The molecule has 0 aromatic heterocycles. The number of carbonyl (C=O) groups is 2. The fourth-order valence-electron chi connectivity index (χ4n) is 3.17. The van der Waals surface area contributed by atoms with Gasteiger partial charge in [0.2, 0.25) is 0 Å². The lowest BCUT2D eigenvalue weighted by Crippen LogP contribution is -2.20. The van der Waals surface area contributed by atoms with Gasteiger partial charge in [-0.15, -0.1) is 0 Å². The Kier molecular flexibility index (Phi) is 8.91. The van der Waals surface area contributed by atoms with Gasteiger partial charge in [-0.1, -0.05) is 23.8 Å². The summed E-state index contributed by atoms with van der Waals surface area (Å²) in [6.07, 6.45) is 0. The van der Waals surface area contributed by atoms with E-state index in [4.69, 9.17) is 14.2 Å². The zero-order valence-electron chi connectivity index (χ0n) is 19.7. The summed E-state index contributed by atoms with van der Waals surface area (Å²) >= 11 is 0. The Balaban J connectivity index is 1.57. The Morgan fingerprint density at radius 1 is 0.794 bits per heavy atom. The van der Waals surface area contributed by atoms with Crippen molar-refractivity contribution in [1.82, 2.24) is 0 Å². The predicted octanol–water partition coefficient (Wildman–Crippen LogP) is 5.20. The summed E-state index contributed by atoms with van der Waals surface area (Å²) in [5.74, 6) is 0.493. The van der Waals surface area contributed by atoms with Gasteiger partial charge in [0.25, 0.3) is 5.91 Å². The summed E-state index contributed by atoms with van der Waals surface area (Å²) in [6.45, 7) is 6.90. The molecule has 0 radical (unpaired) electrons. The third-order valence-corrected chi connectivity index (χ3v) is 4.89. The number of ether oxygens (including phenoxy) is 3. The van der Waals surface area contributed by atoms with Crippen LogP contribution >= 0.6 is 0 Å². The van der Waals surface area contributed by atoms with Crippen LogP contribution in [-0.2, 0) is 16.1 Å². The minimum absolute atomic E-state index is 0.127. The largest absolute Gasteiger partial charge is 0.490 e. The average molecular weight is 463 g/mol. The van der Waals surface area contributed by atoms with Crippen molar-refractivity contribution < 1.29 is 23.8 Å². The highest BCUT2D eigenvalue weighted by molar-refractivity contribution is 5.92. The highest BCUT2D eigenvalue weighted by atomic mass is 16.5. The van der Waals surface area contributed by atoms with Crippen molar-refractivity contribution >= 4 is 23.3 Å². The van der Waals surface area contributed by atoms with Gasteiger partial charge >= 0.3 is 5.97 Å². The Bertz CT molecular complexity index is 1100. The number of esters is 1. The number of hydrogen-bond acceptors (Lipinski definition) is 6. The van der Waals surface area contributed by atoms with E-state index < -0.39 is 0 Å². The van der Waals surface area contributed by atoms with Crippen LogP contribution in [0.2, 0.25) is 0 Å². The summed E-state index contributed by atoms with van der Waals surface area (Å²) in [4.78, 5) is 24.0. The van der Waals surface area contributed by atoms with Crippen LogP contribution in [0.4, 0.5) is 11.4 Å². The molecule has 2 N–H and O–H groups in total. The standard InChI is InChI=1S/C27H30N2O5/c1-4-32-25-16-20(17-28-22-13-9-21(10-14-22)27(31)33-5-2)8-15-24(25)34-18-26(30)29-23-11-6-19(3)7-12-23/h6-16,28H,4-5,17-18H2,1-3H3,(H,29,30). The highest BCUT2D eigenvalue weighted by Gasteiger charge is 2.10. The third-order valence-electron chi connectivity index (χ3n) is 4.89. The molecule has 0 saturated carbocycles. The molecule has 178 valence electrons. The molecule has 0 saturated heterocycles. The van der Waals surface area contributed by atoms with E-state index in [2.05, 4.69) is 10.6 Å². The fourth-order valence-corrected chi connectivity index (χ4v) is 3.17. The monoisotopic (exact) mass is 462 g/mol. The number of carbonyl (C=O) groups excluding carboxylic acids is 2. The quantitative estimate of drug-likeness (QED) is 0.381. The molecule has 0 fully saturated rings. The van der Waals surface area contributed by atoms with E-state index in [1.54, 1.807) is 25.1 Å². The Hall–Kier alpha value is -4.00. The number of rotatable bonds is 11. The number of anilines is 2. The molecule has 34 heavy (non-hydrogen) atoms. The highest BCUT2D eigenvalue weighted by Crippen LogP contribution is 2.29. The minimum atomic E-state index is -0.335. The van der Waals surface area contributed by atoms with E-state index in [1.807, 2.05) is 62.4 Å². The lowest BCUT2D eigenvalue weighted by molar-refractivity contribution is -0.118. The molecule has 0 aliphatic rings. The molecule has 0 aliphatic carbocycles. The fraction of sp³-hybridized carbons (Fsp3) is 0.259. The lowest BCUT2D eigenvalue weighted by Gasteiger charge is -2.14. The molecule has 7 nitrogen and oxygen atoms in total. The van der Waals surface area contributed by atoms with Gasteiger partial charge in [0.1, 0.15) is 0 Å². The molecule has 7 heteroatoms. The minimum Gasteiger partial charge on any atom is -0.490 e. The van der Waals surface area contributed by atoms with Gasteiger partial charge in [-0.3, -0.25) is 4.79 Å². The number of hydrogen-bond donors (Lipinski definition) is 2. The van der Waals surface area contributed by atoms with E-state index >= 15 is 0 Å². The third kappa shape index (κ3) is 7.27. The molecular formula is C27H30N2O5. The van der Waals surface area contributed by atoms with Crippen molar-refractivity contribution in [1.29, 1.82) is 0 Å². The number of benzene rings is 3. The second-order valence-corrected chi connectivity index (χ2v) is 7.57. The molecule has 0 heterocycles. The van der Waals surface area contributed by atoms with Gasteiger partial charge in [-0.2, -0.15) is 0 Å².